The Morgan fingerprint density at radius 2 is 1.94 bits per heavy atom. The van der Waals surface area contributed by atoms with Gasteiger partial charge in [0.25, 0.3) is 11.2 Å². The van der Waals surface area contributed by atoms with Gasteiger partial charge in [0.05, 0.1) is 22.1 Å². The first-order chi connectivity index (χ1) is 15.1. The van der Waals surface area contributed by atoms with Crippen LogP contribution in [0.15, 0.2) is 35.3 Å². The summed E-state index contributed by atoms with van der Waals surface area (Å²) in [5.41, 5.74) is -3.03. The van der Waals surface area contributed by atoms with Crippen molar-refractivity contribution in [3.8, 4) is 5.88 Å². The number of ether oxygens (including phenoxy) is 1. The maximum Gasteiger partial charge on any atom is 0.416 e. The molecule has 1 saturated heterocycles. The van der Waals surface area contributed by atoms with E-state index in [4.69, 9.17) is 4.74 Å². The predicted molar refractivity (Wildman–Crippen MR) is 108 cm³/mol. The number of aromatic nitrogens is 2. The number of pyridine rings is 1. The summed E-state index contributed by atoms with van der Waals surface area (Å²) in [6.45, 7) is 0.795. The number of benzene rings is 1. The molecule has 1 aliphatic rings. The fraction of sp³-hybridized carbons (Fsp3) is 0.316. The minimum absolute atomic E-state index is 0.160. The Morgan fingerprint density at radius 1 is 1.22 bits per heavy atom. The second-order valence-corrected chi connectivity index (χ2v) is 8.02. The van der Waals surface area contributed by atoms with E-state index in [1.165, 1.54) is 12.1 Å². The first-order valence-electron chi connectivity index (χ1n) is 9.35. The summed E-state index contributed by atoms with van der Waals surface area (Å²) in [5, 5.41) is 11.1. The number of fused-ring (bicyclic) bond motifs is 1. The van der Waals surface area contributed by atoms with Crippen molar-refractivity contribution in [2.45, 2.75) is 25.1 Å². The summed E-state index contributed by atoms with van der Waals surface area (Å²) in [4.78, 5) is 32.3. The first-order valence-corrected chi connectivity index (χ1v) is 10.2. The van der Waals surface area contributed by atoms with Gasteiger partial charge in [-0.15, -0.1) is 0 Å². The number of hydrogen-bond donors (Lipinski definition) is 0. The van der Waals surface area contributed by atoms with Gasteiger partial charge < -0.3 is 9.64 Å². The summed E-state index contributed by atoms with van der Waals surface area (Å²) in [7, 11) is 0. The standard InChI is InChI=1S/C19H14F4N4O4S/c20-11-1-2-15(24-9-11)31-12-3-5-26(6-4-12)18-25-17(28)13-7-10(19(21,22)23)8-14(27(29)30)16(13)32-18/h1-2,7-9,12H,3-6H2. The quantitative estimate of drug-likeness (QED) is 0.321. The van der Waals surface area contributed by atoms with Gasteiger partial charge in [0, 0.05) is 38.1 Å². The molecule has 4 rings (SSSR count). The van der Waals surface area contributed by atoms with Crippen LogP contribution in [-0.2, 0) is 6.18 Å². The van der Waals surface area contributed by atoms with Crippen molar-refractivity contribution in [2.75, 3.05) is 18.0 Å². The van der Waals surface area contributed by atoms with Crippen LogP contribution in [0.4, 0.5) is 28.4 Å². The molecule has 1 fully saturated rings. The van der Waals surface area contributed by atoms with Gasteiger partial charge in [0.1, 0.15) is 16.6 Å². The molecule has 3 aromatic rings. The molecule has 32 heavy (non-hydrogen) atoms. The van der Waals surface area contributed by atoms with Gasteiger partial charge in [0.15, 0.2) is 5.13 Å². The summed E-state index contributed by atoms with van der Waals surface area (Å²) < 4.78 is 57.8. The number of halogens is 4. The molecular formula is C19H14F4N4O4S. The number of piperidine rings is 1. The van der Waals surface area contributed by atoms with Gasteiger partial charge >= 0.3 is 6.18 Å². The van der Waals surface area contributed by atoms with Crippen LogP contribution in [0.25, 0.3) is 10.1 Å². The van der Waals surface area contributed by atoms with Crippen molar-refractivity contribution in [1.29, 1.82) is 0 Å². The third kappa shape index (κ3) is 4.47. The molecule has 0 saturated carbocycles. The Hall–Kier alpha value is -3.35. The number of anilines is 1. The second-order valence-electron chi connectivity index (χ2n) is 7.05. The molecule has 0 spiro atoms. The van der Waals surface area contributed by atoms with Gasteiger partial charge in [-0.25, -0.2) is 9.37 Å². The molecule has 168 valence electrons. The number of alkyl halides is 3. The molecule has 1 aromatic carbocycles. The highest BCUT2D eigenvalue weighted by molar-refractivity contribution is 7.22. The molecular weight excluding hydrogens is 456 g/mol. The number of nitro groups is 1. The molecule has 13 heteroatoms. The van der Waals surface area contributed by atoms with E-state index in [1.54, 1.807) is 4.90 Å². The van der Waals surface area contributed by atoms with Crippen molar-refractivity contribution < 1.29 is 27.2 Å². The fourth-order valence-corrected chi connectivity index (χ4v) is 4.46. The van der Waals surface area contributed by atoms with E-state index in [9.17, 15) is 32.5 Å². The second kappa shape index (κ2) is 8.30. The summed E-state index contributed by atoms with van der Waals surface area (Å²) in [5.74, 6) is -0.213. The molecule has 0 amide bonds. The summed E-state index contributed by atoms with van der Waals surface area (Å²) in [6, 6.07) is 3.66. The highest BCUT2D eigenvalue weighted by atomic mass is 32.1. The molecule has 0 N–H and O–H groups in total. The van der Waals surface area contributed by atoms with Crippen LogP contribution >= 0.6 is 11.3 Å². The Morgan fingerprint density at radius 3 is 2.53 bits per heavy atom. The van der Waals surface area contributed by atoms with Crippen LogP contribution in [0.3, 0.4) is 0 Å². The lowest BCUT2D eigenvalue weighted by atomic mass is 10.1. The van der Waals surface area contributed by atoms with Gasteiger partial charge in [-0.05, 0) is 12.1 Å². The number of nitrogens with zero attached hydrogens (tertiary/aromatic N) is 4. The first kappa shape index (κ1) is 21.9. The maximum atomic E-state index is 13.1. The molecule has 0 atom stereocenters. The number of nitro benzene ring substituents is 1. The number of hydrogen-bond acceptors (Lipinski definition) is 8. The third-order valence-electron chi connectivity index (χ3n) is 4.91. The molecule has 8 nitrogen and oxygen atoms in total. The van der Waals surface area contributed by atoms with Gasteiger partial charge in [0.2, 0.25) is 5.88 Å². The van der Waals surface area contributed by atoms with Crippen LogP contribution < -0.4 is 15.2 Å². The van der Waals surface area contributed by atoms with Crippen molar-refractivity contribution in [3.63, 3.8) is 0 Å². The Kier molecular flexibility index (Phi) is 5.67. The molecule has 0 bridgehead atoms. The Balaban J connectivity index is 1.59. The maximum absolute atomic E-state index is 13.1. The lowest BCUT2D eigenvalue weighted by molar-refractivity contribution is -0.383. The summed E-state index contributed by atoms with van der Waals surface area (Å²) >= 11 is 0.800. The predicted octanol–water partition coefficient (Wildman–Crippen LogP) is 4.17. The summed E-state index contributed by atoms with van der Waals surface area (Å²) in [6.07, 6.45) is -3.00. The van der Waals surface area contributed by atoms with Crippen molar-refractivity contribution in [3.05, 3.63) is 62.3 Å². The highest BCUT2D eigenvalue weighted by Crippen LogP contribution is 2.38. The van der Waals surface area contributed by atoms with Crippen LogP contribution in [0.2, 0.25) is 0 Å². The molecule has 0 unspecified atom stereocenters. The Labute approximate surface area is 181 Å². The average Bonchev–Trinajstić information content (AvgIpc) is 2.74. The van der Waals surface area contributed by atoms with Crippen molar-refractivity contribution in [1.82, 2.24) is 9.97 Å². The van der Waals surface area contributed by atoms with Gasteiger partial charge in [-0.2, -0.15) is 18.2 Å². The van der Waals surface area contributed by atoms with E-state index in [1.807, 2.05) is 0 Å². The third-order valence-corrected chi connectivity index (χ3v) is 6.08. The minimum atomic E-state index is -4.84. The number of non-ortho nitro benzene ring substituents is 1. The van der Waals surface area contributed by atoms with Gasteiger partial charge in [-0.3, -0.25) is 14.9 Å². The van der Waals surface area contributed by atoms with Crippen molar-refractivity contribution >= 4 is 32.2 Å². The zero-order chi connectivity index (χ0) is 23.0. The van der Waals surface area contributed by atoms with E-state index >= 15 is 0 Å². The molecule has 2 aromatic heterocycles. The Bertz CT molecular complexity index is 1220. The normalized spacial score (nSPS) is 15.2. The largest absolute Gasteiger partial charge is 0.474 e. The van der Waals surface area contributed by atoms with Gasteiger partial charge in [-0.1, -0.05) is 11.3 Å². The highest BCUT2D eigenvalue weighted by Gasteiger charge is 2.34. The van der Waals surface area contributed by atoms with Crippen molar-refractivity contribution in [2.24, 2.45) is 0 Å². The molecule has 1 aliphatic heterocycles. The van der Waals surface area contributed by atoms with Crippen LogP contribution in [0, 0.1) is 15.9 Å². The smallest absolute Gasteiger partial charge is 0.416 e. The average molecular weight is 470 g/mol. The van der Waals surface area contributed by atoms with E-state index in [-0.39, 0.29) is 21.8 Å². The van der Waals surface area contributed by atoms with Crippen LogP contribution in [-0.4, -0.2) is 34.1 Å². The molecule has 0 aliphatic carbocycles. The zero-order valence-corrected chi connectivity index (χ0v) is 17.0. The van der Waals surface area contributed by atoms with E-state index in [0.29, 0.717) is 38.1 Å². The SMILES string of the molecule is O=c1nc(N2CCC(Oc3ccc(F)cn3)CC2)sc2c([N+](=O)[O-])cc(C(F)(F)F)cc12. The monoisotopic (exact) mass is 470 g/mol. The minimum Gasteiger partial charge on any atom is -0.474 e. The topological polar surface area (TPSA) is 98.5 Å². The van der Waals surface area contributed by atoms with Crippen LogP contribution in [0.1, 0.15) is 18.4 Å². The van der Waals surface area contributed by atoms with E-state index < -0.39 is 39.1 Å². The number of rotatable bonds is 4. The fourth-order valence-electron chi connectivity index (χ4n) is 3.34. The zero-order valence-electron chi connectivity index (χ0n) is 16.1. The molecule has 0 radical (unpaired) electrons. The van der Waals surface area contributed by atoms with Crippen LogP contribution in [0.5, 0.6) is 5.88 Å². The molecule has 3 heterocycles. The lowest BCUT2D eigenvalue weighted by Gasteiger charge is -2.32. The lowest BCUT2D eigenvalue weighted by Crippen LogP contribution is -2.39. The van der Waals surface area contributed by atoms with E-state index in [0.717, 1.165) is 17.5 Å². The van der Waals surface area contributed by atoms with E-state index in [2.05, 4.69) is 9.97 Å².